The zero-order valence-electron chi connectivity index (χ0n) is 12.8. The zero-order chi connectivity index (χ0) is 16.0. The Kier molecular flexibility index (Phi) is 6.30. The van der Waals surface area contributed by atoms with Crippen LogP contribution in [-0.4, -0.2) is 43.4 Å². The summed E-state index contributed by atoms with van der Waals surface area (Å²) in [5.41, 5.74) is 0.282. The molecule has 0 unspecified atom stereocenters. The van der Waals surface area contributed by atoms with Crippen molar-refractivity contribution < 1.29 is 14.0 Å². The van der Waals surface area contributed by atoms with Crippen molar-refractivity contribution in [3.63, 3.8) is 0 Å². The smallest absolute Gasteiger partial charge is 0.242 e. The van der Waals surface area contributed by atoms with E-state index in [2.05, 4.69) is 10.6 Å². The van der Waals surface area contributed by atoms with Crippen molar-refractivity contribution in [2.24, 2.45) is 0 Å². The molecule has 0 heterocycles. The van der Waals surface area contributed by atoms with Gasteiger partial charge in [-0.25, -0.2) is 4.39 Å². The summed E-state index contributed by atoms with van der Waals surface area (Å²) in [5, 5.41) is 5.21. The Labute approximate surface area is 124 Å². The summed E-state index contributed by atoms with van der Waals surface area (Å²) in [6, 6.07) is 5.34. The predicted molar refractivity (Wildman–Crippen MR) is 79.1 cm³/mol. The first kappa shape index (κ1) is 17.1. The number of hydrogen-bond donors (Lipinski definition) is 2. The number of carbonyl (C=O) groups is 2. The highest BCUT2D eigenvalue weighted by molar-refractivity contribution is 5.88. The molecule has 0 aliphatic rings. The summed E-state index contributed by atoms with van der Waals surface area (Å²) < 4.78 is 13.8. The second-order valence-electron chi connectivity index (χ2n) is 5.33. The molecule has 1 atom stereocenters. The second kappa shape index (κ2) is 7.73. The van der Waals surface area contributed by atoms with Crippen molar-refractivity contribution >= 4 is 11.8 Å². The van der Waals surface area contributed by atoms with Gasteiger partial charge in [0.25, 0.3) is 0 Å². The van der Waals surface area contributed by atoms with Gasteiger partial charge in [0.2, 0.25) is 11.8 Å². The molecule has 2 amide bonds. The Hall–Kier alpha value is -1.95. The van der Waals surface area contributed by atoms with Crippen LogP contribution in [0, 0.1) is 5.82 Å². The molecule has 0 aromatic heterocycles. The SMILES string of the molecule is CC(C)NC(=O)CNC(=O)[C@H](c1ccccc1F)N(C)C. The summed E-state index contributed by atoms with van der Waals surface area (Å²) in [6.45, 7) is 3.54. The highest BCUT2D eigenvalue weighted by atomic mass is 19.1. The van der Waals surface area contributed by atoms with Crippen LogP contribution in [0.4, 0.5) is 4.39 Å². The Morgan fingerprint density at radius 3 is 2.38 bits per heavy atom. The predicted octanol–water partition coefficient (Wildman–Crippen LogP) is 1.07. The maximum Gasteiger partial charge on any atom is 0.242 e. The molecule has 0 fully saturated rings. The molecule has 0 radical (unpaired) electrons. The van der Waals surface area contributed by atoms with Crippen LogP contribution in [0.5, 0.6) is 0 Å². The molecular weight excluding hydrogens is 273 g/mol. The average molecular weight is 295 g/mol. The molecule has 0 saturated carbocycles. The quantitative estimate of drug-likeness (QED) is 0.825. The van der Waals surface area contributed by atoms with Gasteiger partial charge in [-0.15, -0.1) is 0 Å². The molecule has 5 nitrogen and oxygen atoms in total. The van der Waals surface area contributed by atoms with Gasteiger partial charge in [-0.05, 0) is 34.0 Å². The van der Waals surface area contributed by atoms with Gasteiger partial charge in [0.15, 0.2) is 0 Å². The number of amides is 2. The van der Waals surface area contributed by atoms with Crippen molar-refractivity contribution in [1.29, 1.82) is 0 Å². The fraction of sp³-hybridized carbons (Fsp3) is 0.467. The minimum atomic E-state index is -0.780. The second-order valence-corrected chi connectivity index (χ2v) is 5.33. The van der Waals surface area contributed by atoms with Crippen LogP contribution in [0.25, 0.3) is 0 Å². The van der Waals surface area contributed by atoms with Crippen LogP contribution in [-0.2, 0) is 9.59 Å². The lowest BCUT2D eigenvalue weighted by molar-refractivity contribution is -0.129. The Bertz CT molecular complexity index is 503. The highest BCUT2D eigenvalue weighted by Crippen LogP contribution is 2.21. The van der Waals surface area contributed by atoms with Crippen LogP contribution in [0.1, 0.15) is 25.5 Å². The number of carbonyl (C=O) groups excluding carboxylic acids is 2. The van der Waals surface area contributed by atoms with Crippen molar-refractivity contribution in [3.8, 4) is 0 Å². The molecule has 116 valence electrons. The van der Waals surface area contributed by atoms with E-state index in [1.54, 1.807) is 37.2 Å². The molecule has 6 heteroatoms. The third-order valence-corrected chi connectivity index (χ3v) is 2.84. The van der Waals surface area contributed by atoms with Crippen molar-refractivity contribution in [3.05, 3.63) is 35.6 Å². The van der Waals surface area contributed by atoms with E-state index in [-0.39, 0.29) is 24.1 Å². The Morgan fingerprint density at radius 2 is 1.86 bits per heavy atom. The minimum Gasteiger partial charge on any atom is -0.352 e. The van der Waals surface area contributed by atoms with Crippen LogP contribution < -0.4 is 10.6 Å². The van der Waals surface area contributed by atoms with Gasteiger partial charge < -0.3 is 10.6 Å². The monoisotopic (exact) mass is 295 g/mol. The molecule has 21 heavy (non-hydrogen) atoms. The number of nitrogens with zero attached hydrogens (tertiary/aromatic N) is 1. The molecular formula is C15H22FN3O2. The number of halogens is 1. The van der Waals surface area contributed by atoms with Crippen LogP contribution in [0.15, 0.2) is 24.3 Å². The largest absolute Gasteiger partial charge is 0.352 e. The molecule has 0 aliphatic carbocycles. The lowest BCUT2D eigenvalue weighted by atomic mass is 10.0. The van der Waals surface area contributed by atoms with Gasteiger partial charge in [0.05, 0.1) is 6.54 Å². The highest BCUT2D eigenvalue weighted by Gasteiger charge is 2.25. The van der Waals surface area contributed by atoms with E-state index in [1.807, 2.05) is 13.8 Å². The maximum absolute atomic E-state index is 13.8. The van der Waals surface area contributed by atoms with E-state index in [0.29, 0.717) is 0 Å². The fourth-order valence-corrected chi connectivity index (χ4v) is 1.99. The fourth-order valence-electron chi connectivity index (χ4n) is 1.99. The standard InChI is InChI=1S/C15H22FN3O2/c1-10(2)18-13(20)9-17-15(21)14(19(3)4)11-7-5-6-8-12(11)16/h5-8,10,14H,9H2,1-4H3,(H,17,21)(H,18,20)/t14-/m0/s1. The molecule has 0 spiro atoms. The number of hydrogen-bond acceptors (Lipinski definition) is 3. The summed E-state index contributed by atoms with van der Waals surface area (Å²) in [7, 11) is 3.37. The third-order valence-electron chi connectivity index (χ3n) is 2.84. The average Bonchev–Trinajstić information content (AvgIpc) is 2.38. The summed E-state index contributed by atoms with van der Waals surface area (Å²) in [5.74, 6) is -1.13. The van der Waals surface area contributed by atoms with Crippen molar-refractivity contribution in [1.82, 2.24) is 15.5 Å². The molecule has 0 saturated heterocycles. The minimum absolute atomic E-state index is 0.00520. The Balaban J connectivity index is 2.76. The van der Waals surface area contributed by atoms with E-state index in [9.17, 15) is 14.0 Å². The third kappa shape index (κ3) is 5.15. The van der Waals surface area contributed by atoms with Gasteiger partial charge in [-0.1, -0.05) is 18.2 Å². The number of likely N-dealkylation sites (N-methyl/N-ethyl adjacent to an activating group) is 1. The van der Waals surface area contributed by atoms with E-state index in [4.69, 9.17) is 0 Å². The van der Waals surface area contributed by atoms with Gasteiger partial charge in [0.1, 0.15) is 11.9 Å². The molecule has 1 rings (SSSR count). The molecule has 0 bridgehead atoms. The first-order valence-corrected chi connectivity index (χ1v) is 6.81. The summed E-state index contributed by atoms with van der Waals surface area (Å²) in [4.78, 5) is 25.4. The number of benzene rings is 1. The van der Waals surface area contributed by atoms with Gasteiger partial charge in [0, 0.05) is 11.6 Å². The first-order valence-electron chi connectivity index (χ1n) is 6.81. The lowest BCUT2D eigenvalue weighted by Crippen LogP contribution is -2.43. The summed E-state index contributed by atoms with van der Waals surface area (Å²) in [6.07, 6.45) is 0. The van der Waals surface area contributed by atoms with E-state index in [1.165, 1.54) is 6.07 Å². The van der Waals surface area contributed by atoms with Crippen LogP contribution in [0.2, 0.25) is 0 Å². The molecule has 0 aliphatic heterocycles. The molecule has 1 aromatic rings. The molecule has 2 N–H and O–H groups in total. The maximum atomic E-state index is 13.8. The topological polar surface area (TPSA) is 61.4 Å². The van der Waals surface area contributed by atoms with Crippen molar-refractivity contribution in [2.45, 2.75) is 25.9 Å². The van der Waals surface area contributed by atoms with Gasteiger partial charge in [-0.2, -0.15) is 0 Å². The lowest BCUT2D eigenvalue weighted by Gasteiger charge is -2.24. The van der Waals surface area contributed by atoms with Crippen LogP contribution >= 0.6 is 0 Å². The van der Waals surface area contributed by atoms with Crippen molar-refractivity contribution in [2.75, 3.05) is 20.6 Å². The number of rotatable bonds is 6. The van der Waals surface area contributed by atoms with E-state index >= 15 is 0 Å². The van der Waals surface area contributed by atoms with E-state index in [0.717, 1.165) is 0 Å². The van der Waals surface area contributed by atoms with Gasteiger partial charge >= 0.3 is 0 Å². The molecule has 1 aromatic carbocycles. The zero-order valence-corrected chi connectivity index (χ0v) is 12.8. The Morgan fingerprint density at radius 1 is 1.24 bits per heavy atom. The normalized spacial score (nSPS) is 12.3. The first-order chi connectivity index (χ1) is 9.82. The number of nitrogens with one attached hydrogen (secondary N) is 2. The van der Waals surface area contributed by atoms with E-state index < -0.39 is 17.8 Å². The summed E-state index contributed by atoms with van der Waals surface area (Å²) >= 11 is 0. The van der Waals surface area contributed by atoms with Crippen LogP contribution in [0.3, 0.4) is 0 Å². The van der Waals surface area contributed by atoms with Gasteiger partial charge in [-0.3, -0.25) is 14.5 Å².